The Balaban J connectivity index is 1.19. The van der Waals surface area contributed by atoms with Crippen LogP contribution in [0.4, 0.5) is 5.69 Å². The molecule has 1 amide bonds. The number of hydrogen-bond acceptors (Lipinski definition) is 5. The van der Waals surface area contributed by atoms with Crippen molar-refractivity contribution in [1.82, 2.24) is 14.6 Å². The molecule has 0 unspecified atom stereocenters. The number of fused-ring (bicyclic) bond motifs is 1. The number of amides is 1. The van der Waals surface area contributed by atoms with Crippen LogP contribution >= 0.6 is 0 Å². The first-order valence-electron chi connectivity index (χ1n) is 10.6. The lowest BCUT2D eigenvalue weighted by Gasteiger charge is -2.09. The lowest BCUT2D eigenvalue weighted by molar-refractivity contribution is -0.115. The molecule has 2 heterocycles. The maximum absolute atomic E-state index is 12.6. The van der Waals surface area contributed by atoms with Gasteiger partial charge in [0, 0.05) is 11.3 Å². The summed E-state index contributed by atoms with van der Waals surface area (Å²) in [6.45, 7) is 2.35. The lowest BCUT2D eigenvalue weighted by atomic mass is 10.1. The molecule has 0 aliphatic carbocycles. The van der Waals surface area contributed by atoms with E-state index in [9.17, 15) is 4.79 Å². The lowest BCUT2D eigenvalue weighted by Crippen LogP contribution is -2.14. The van der Waals surface area contributed by atoms with Crippen LogP contribution in [0.5, 0.6) is 5.75 Å². The SMILES string of the molecule is Cc1ncc2oc(-c3ccc(NC(=O)Cc4cccc(OCc5ccccc5)c4)cc3)nn12. The molecule has 33 heavy (non-hydrogen) atoms. The molecule has 0 saturated carbocycles. The van der Waals surface area contributed by atoms with Crippen LogP contribution in [0.15, 0.2) is 89.5 Å². The van der Waals surface area contributed by atoms with Gasteiger partial charge < -0.3 is 14.5 Å². The Morgan fingerprint density at radius 2 is 1.79 bits per heavy atom. The molecule has 7 heteroatoms. The second kappa shape index (κ2) is 9.00. The number of aryl methyl sites for hydroxylation is 1. The minimum Gasteiger partial charge on any atom is -0.489 e. The number of carbonyl (C=O) groups is 1. The van der Waals surface area contributed by atoms with Crippen LogP contribution in [0.3, 0.4) is 0 Å². The summed E-state index contributed by atoms with van der Waals surface area (Å²) < 4.78 is 13.2. The molecular formula is C26H22N4O3. The summed E-state index contributed by atoms with van der Waals surface area (Å²) in [5, 5.41) is 7.35. The minimum absolute atomic E-state index is 0.102. The van der Waals surface area contributed by atoms with Gasteiger partial charge in [-0.1, -0.05) is 42.5 Å². The maximum Gasteiger partial charge on any atom is 0.246 e. The average molecular weight is 438 g/mol. The molecule has 1 N–H and O–H groups in total. The zero-order valence-corrected chi connectivity index (χ0v) is 18.1. The van der Waals surface area contributed by atoms with Gasteiger partial charge in [0.15, 0.2) is 0 Å². The Labute approximate surface area is 190 Å². The fraction of sp³-hybridized carbons (Fsp3) is 0.115. The number of hydrogen-bond donors (Lipinski definition) is 1. The van der Waals surface area contributed by atoms with E-state index in [1.165, 1.54) is 0 Å². The van der Waals surface area contributed by atoms with E-state index in [0.29, 0.717) is 23.9 Å². The number of ether oxygens (including phenoxy) is 1. The molecule has 0 aliphatic heterocycles. The van der Waals surface area contributed by atoms with Gasteiger partial charge in [-0.2, -0.15) is 4.52 Å². The first-order valence-corrected chi connectivity index (χ1v) is 10.6. The molecule has 0 spiro atoms. The molecule has 3 aromatic carbocycles. The van der Waals surface area contributed by atoms with Crippen molar-refractivity contribution in [2.45, 2.75) is 20.0 Å². The van der Waals surface area contributed by atoms with Crippen molar-refractivity contribution in [2.75, 3.05) is 5.32 Å². The van der Waals surface area contributed by atoms with Crippen LogP contribution < -0.4 is 10.1 Å². The van der Waals surface area contributed by atoms with Crippen molar-refractivity contribution in [3.05, 3.63) is 102 Å². The second-order valence-electron chi connectivity index (χ2n) is 7.69. The van der Waals surface area contributed by atoms with E-state index in [-0.39, 0.29) is 12.3 Å². The zero-order valence-electron chi connectivity index (χ0n) is 18.1. The fourth-order valence-corrected chi connectivity index (χ4v) is 3.51. The zero-order chi connectivity index (χ0) is 22.6. The largest absolute Gasteiger partial charge is 0.489 e. The van der Waals surface area contributed by atoms with Gasteiger partial charge in [-0.3, -0.25) is 4.79 Å². The quantitative estimate of drug-likeness (QED) is 0.384. The van der Waals surface area contributed by atoms with Crippen LogP contribution in [-0.2, 0) is 17.8 Å². The number of aromatic nitrogens is 3. The third-order valence-electron chi connectivity index (χ3n) is 5.20. The summed E-state index contributed by atoms with van der Waals surface area (Å²) in [7, 11) is 0. The molecule has 7 nitrogen and oxygen atoms in total. The third kappa shape index (κ3) is 4.77. The van der Waals surface area contributed by atoms with Gasteiger partial charge >= 0.3 is 0 Å². The number of nitrogens with one attached hydrogen (secondary N) is 1. The molecule has 0 atom stereocenters. The molecule has 164 valence electrons. The van der Waals surface area contributed by atoms with Crippen LogP contribution in [0.2, 0.25) is 0 Å². The highest BCUT2D eigenvalue weighted by molar-refractivity contribution is 5.92. The van der Waals surface area contributed by atoms with Crippen molar-refractivity contribution in [1.29, 1.82) is 0 Å². The second-order valence-corrected chi connectivity index (χ2v) is 7.69. The van der Waals surface area contributed by atoms with E-state index in [1.807, 2.05) is 85.8 Å². The number of carbonyl (C=O) groups excluding carboxylic acids is 1. The Hall–Kier alpha value is -4.39. The van der Waals surface area contributed by atoms with Gasteiger partial charge in [0.05, 0.1) is 12.6 Å². The van der Waals surface area contributed by atoms with Crippen molar-refractivity contribution < 1.29 is 13.9 Å². The Morgan fingerprint density at radius 3 is 2.58 bits per heavy atom. The average Bonchev–Trinajstić information content (AvgIpc) is 3.41. The van der Waals surface area contributed by atoms with Crippen LogP contribution in [0.25, 0.3) is 17.2 Å². The maximum atomic E-state index is 12.6. The summed E-state index contributed by atoms with van der Waals surface area (Å²) in [4.78, 5) is 16.7. The Morgan fingerprint density at radius 1 is 1.00 bits per heavy atom. The first-order chi connectivity index (χ1) is 16.1. The number of imidazole rings is 1. The molecule has 0 radical (unpaired) electrons. The summed E-state index contributed by atoms with van der Waals surface area (Å²) in [6.07, 6.45) is 1.89. The molecule has 5 rings (SSSR count). The molecule has 0 bridgehead atoms. The monoisotopic (exact) mass is 438 g/mol. The molecule has 0 fully saturated rings. The topological polar surface area (TPSA) is 81.7 Å². The van der Waals surface area contributed by atoms with Gasteiger partial charge in [-0.25, -0.2) is 4.98 Å². The standard InChI is InChI=1S/C26H22N4O3/c1-18-27-16-25-30(18)29-26(33-25)21-10-12-22(13-11-21)28-24(31)15-20-8-5-9-23(14-20)32-17-19-6-3-2-4-7-19/h2-14,16H,15,17H2,1H3,(H,28,31). The highest BCUT2D eigenvalue weighted by Gasteiger charge is 2.11. The fourth-order valence-electron chi connectivity index (χ4n) is 3.51. The predicted octanol–water partition coefficient (Wildman–Crippen LogP) is 5.06. The van der Waals surface area contributed by atoms with Gasteiger partial charge in [0.1, 0.15) is 18.2 Å². The van der Waals surface area contributed by atoms with Gasteiger partial charge in [0.2, 0.25) is 17.5 Å². The molecule has 5 aromatic rings. The van der Waals surface area contributed by atoms with E-state index in [4.69, 9.17) is 9.15 Å². The van der Waals surface area contributed by atoms with Crippen LogP contribution in [-0.4, -0.2) is 20.5 Å². The van der Waals surface area contributed by atoms with Gasteiger partial charge in [-0.15, -0.1) is 5.10 Å². The van der Waals surface area contributed by atoms with E-state index in [2.05, 4.69) is 15.4 Å². The van der Waals surface area contributed by atoms with E-state index < -0.39 is 0 Å². The van der Waals surface area contributed by atoms with E-state index in [0.717, 1.165) is 28.3 Å². The van der Waals surface area contributed by atoms with E-state index in [1.54, 1.807) is 10.7 Å². The molecule has 2 aromatic heterocycles. The predicted molar refractivity (Wildman–Crippen MR) is 125 cm³/mol. The van der Waals surface area contributed by atoms with Crippen LogP contribution in [0.1, 0.15) is 17.0 Å². The first kappa shape index (κ1) is 20.5. The molecule has 0 aliphatic rings. The summed E-state index contributed by atoms with van der Waals surface area (Å²) in [6, 6.07) is 25.0. The summed E-state index contributed by atoms with van der Waals surface area (Å²) in [5.41, 5.74) is 4.10. The number of benzene rings is 3. The Bertz CT molecular complexity index is 1390. The third-order valence-corrected chi connectivity index (χ3v) is 5.20. The summed E-state index contributed by atoms with van der Waals surface area (Å²) >= 11 is 0. The molecule has 0 saturated heterocycles. The van der Waals surface area contributed by atoms with Crippen molar-refractivity contribution in [3.8, 4) is 17.2 Å². The summed E-state index contributed by atoms with van der Waals surface area (Å²) in [5.74, 6) is 1.90. The highest BCUT2D eigenvalue weighted by Crippen LogP contribution is 2.23. The number of rotatable bonds is 7. The van der Waals surface area contributed by atoms with Crippen molar-refractivity contribution in [3.63, 3.8) is 0 Å². The van der Waals surface area contributed by atoms with Crippen molar-refractivity contribution in [2.24, 2.45) is 0 Å². The van der Waals surface area contributed by atoms with Crippen molar-refractivity contribution >= 4 is 17.3 Å². The number of nitrogens with zero attached hydrogens (tertiary/aromatic N) is 3. The Kier molecular flexibility index (Phi) is 5.59. The minimum atomic E-state index is -0.102. The van der Waals surface area contributed by atoms with Gasteiger partial charge in [0.25, 0.3) is 0 Å². The van der Waals surface area contributed by atoms with E-state index >= 15 is 0 Å². The number of anilines is 1. The van der Waals surface area contributed by atoms with Crippen LogP contribution in [0, 0.1) is 6.92 Å². The van der Waals surface area contributed by atoms with Gasteiger partial charge in [-0.05, 0) is 54.4 Å². The smallest absolute Gasteiger partial charge is 0.246 e. The molecular weight excluding hydrogens is 416 g/mol. The highest BCUT2D eigenvalue weighted by atomic mass is 16.5. The normalized spacial score (nSPS) is 10.9.